The normalized spacial score (nSPS) is 10.7. The minimum atomic E-state index is -0.868. The van der Waals surface area contributed by atoms with E-state index in [9.17, 15) is 14.5 Å². The zero-order chi connectivity index (χ0) is 14.8. The van der Waals surface area contributed by atoms with Gasteiger partial charge in [0.2, 0.25) is 11.7 Å². The summed E-state index contributed by atoms with van der Waals surface area (Å²) >= 11 is 0. The molecule has 0 unspecified atom stereocenters. The van der Waals surface area contributed by atoms with Crippen LogP contribution in [0.4, 0.5) is 15.8 Å². The number of hydrogen-bond acceptors (Lipinski definition) is 5. The Kier molecular flexibility index (Phi) is 3.23. The number of aromatic nitrogens is 1. The molecule has 0 aliphatic rings. The van der Waals surface area contributed by atoms with Crippen LogP contribution < -0.4 is 5.32 Å². The van der Waals surface area contributed by atoms with Gasteiger partial charge in [0.05, 0.1) is 11.5 Å². The Hall–Kier alpha value is -2.96. The molecule has 0 radical (unpaired) electrons. The standard InChI is InChI=1S/C14H10FN3O3/c15-10-6-5-9(7-12(10)18(19)20)16-8-14-17-11-3-1-2-4-13(11)21-14/h1-7,16H,8H2. The van der Waals surface area contributed by atoms with Gasteiger partial charge in [-0.15, -0.1) is 0 Å². The molecule has 106 valence electrons. The Labute approximate surface area is 118 Å². The number of anilines is 1. The third-order valence-electron chi connectivity index (χ3n) is 2.92. The van der Waals surface area contributed by atoms with Crippen LogP contribution in [0.25, 0.3) is 11.1 Å². The SMILES string of the molecule is O=[N+]([O-])c1cc(NCc2nc3ccccc3o2)ccc1F. The van der Waals surface area contributed by atoms with E-state index in [4.69, 9.17) is 4.42 Å². The lowest BCUT2D eigenvalue weighted by Crippen LogP contribution is -2.01. The Bertz CT molecular complexity index is 783. The number of oxazole rings is 1. The zero-order valence-corrected chi connectivity index (χ0v) is 10.7. The average Bonchev–Trinajstić information content (AvgIpc) is 2.89. The number of rotatable bonds is 4. The first-order valence-corrected chi connectivity index (χ1v) is 6.16. The Morgan fingerprint density at radius 3 is 2.86 bits per heavy atom. The molecule has 0 saturated heterocycles. The Balaban J connectivity index is 1.78. The summed E-state index contributed by atoms with van der Waals surface area (Å²) in [5.41, 5.74) is 1.25. The summed E-state index contributed by atoms with van der Waals surface area (Å²) in [6, 6.07) is 10.9. The van der Waals surface area contributed by atoms with Gasteiger partial charge in [-0.1, -0.05) is 12.1 Å². The maximum atomic E-state index is 13.2. The smallest absolute Gasteiger partial charge is 0.306 e. The molecule has 0 bridgehead atoms. The van der Waals surface area contributed by atoms with Gasteiger partial charge in [-0.25, -0.2) is 4.98 Å². The van der Waals surface area contributed by atoms with E-state index in [-0.39, 0.29) is 6.54 Å². The number of nitro groups is 1. The van der Waals surface area contributed by atoms with Crippen molar-refractivity contribution in [3.8, 4) is 0 Å². The van der Waals surface area contributed by atoms with Crippen molar-refractivity contribution in [1.29, 1.82) is 0 Å². The van der Waals surface area contributed by atoms with E-state index in [1.165, 1.54) is 6.07 Å². The van der Waals surface area contributed by atoms with Crippen molar-refractivity contribution < 1.29 is 13.7 Å². The molecule has 0 aliphatic carbocycles. The van der Waals surface area contributed by atoms with Crippen molar-refractivity contribution in [2.75, 3.05) is 5.32 Å². The van der Waals surface area contributed by atoms with E-state index in [1.54, 1.807) is 6.07 Å². The molecule has 0 spiro atoms. The number of nitrogens with one attached hydrogen (secondary N) is 1. The number of para-hydroxylation sites is 2. The van der Waals surface area contributed by atoms with Crippen LogP contribution in [0, 0.1) is 15.9 Å². The molecule has 7 heteroatoms. The lowest BCUT2D eigenvalue weighted by atomic mass is 10.2. The highest BCUT2D eigenvalue weighted by Gasteiger charge is 2.14. The largest absolute Gasteiger partial charge is 0.439 e. The summed E-state index contributed by atoms with van der Waals surface area (Å²) in [6.45, 7) is 0.247. The highest BCUT2D eigenvalue weighted by Crippen LogP contribution is 2.22. The molecule has 0 atom stereocenters. The second-order valence-corrected chi connectivity index (χ2v) is 4.35. The molecular weight excluding hydrogens is 277 g/mol. The highest BCUT2D eigenvalue weighted by molar-refractivity contribution is 5.72. The van der Waals surface area contributed by atoms with Crippen LogP contribution >= 0.6 is 0 Å². The second-order valence-electron chi connectivity index (χ2n) is 4.35. The van der Waals surface area contributed by atoms with Crippen LogP contribution in [0.1, 0.15) is 5.89 Å². The van der Waals surface area contributed by atoms with E-state index in [0.29, 0.717) is 17.2 Å². The Morgan fingerprint density at radius 2 is 2.10 bits per heavy atom. The van der Waals surface area contributed by atoms with Crippen LogP contribution in [0.2, 0.25) is 0 Å². The third kappa shape index (κ3) is 2.66. The van der Waals surface area contributed by atoms with Crippen molar-refractivity contribution in [2.45, 2.75) is 6.54 Å². The maximum absolute atomic E-state index is 13.2. The average molecular weight is 287 g/mol. The number of nitrogens with zero attached hydrogens (tertiary/aromatic N) is 2. The van der Waals surface area contributed by atoms with Gasteiger partial charge in [-0.3, -0.25) is 10.1 Å². The highest BCUT2D eigenvalue weighted by atomic mass is 19.1. The van der Waals surface area contributed by atoms with Crippen molar-refractivity contribution >= 4 is 22.5 Å². The molecule has 21 heavy (non-hydrogen) atoms. The molecule has 1 aromatic heterocycles. The van der Waals surface area contributed by atoms with Gasteiger partial charge in [-0.2, -0.15) is 4.39 Å². The molecule has 2 aromatic carbocycles. The van der Waals surface area contributed by atoms with Crippen LogP contribution in [-0.2, 0) is 6.54 Å². The fourth-order valence-corrected chi connectivity index (χ4v) is 1.94. The van der Waals surface area contributed by atoms with E-state index in [1.807, 2.05) is 18.2 Å². The van der Waals surface area contributed by atoms with Gasteiger partial charge in [0.15, 0.2) is 5.58 Å². The second kappa shape index (κ2) is 5.20. The summed E-state index contributed by atoms with van der Waals surface area (Å²) < 4.78 is 18.7. The minimum Gasteiger partial charge on any atom is -0.439 e. The van der Waals surface area contributed by atoms with Gasteiger partial charge >= 0.3 is 5.69 Å². The molecule has 6 nitrogen and oxygen atoms in total. The molecule has 0 saturated carbocycles. The van der Waals surface area contributed by atoms with Crippen LogP contribution in [0.15, 0.2) is 46.9 Å². The first kappa shape index (κ1) is 13.0. The van der Waals surface area contributed by atoms with Crippen LogP contribution in [-0.4, -0.2) is 9.91 Å². The minimum absolute atomic E-state index is 0.247. The van der Waals surface area contributed by atoms with Gasteiger partial charge in [0.25, 0.3) is 0 Å². The first-order valence-electron chi connectivity index (χ1n) is 6.16. The molecule has 0 fully saturated rings. The fraction of sp³-hybridized carbons (Fsp3) is 0.0714. The van der Waals surface area contributed by atoms with E-state index in [0.717, 1.165) is 17.6 Å². The molecule has 1 heterocycles. The molecule has 0 amide bonds. The summed E-state index contributed by atoms with van der Waals surface area (Å²) in [7, 11) is 0. The van der Waals surface area contributed by atoms with Crippen molar-refractivity contribution in [2.24, 2.45) is 0 Å². The summed E-state index contributed by atoms with van der Waals surface area (Å²) in [5.74, 6) is -0.421. The molecule has 0 aliphatic heterocycles. The summed E-state index contributed by atoms with van der Waals surface area (Å²) in [4.78, 5) is 14.2. The van der Waals surface area contributed by atoms with Gasteiger partial charge in [0.1, 0.15) is 5.52 Å². The molecule has 3 rings (SSSR count). The lowest BCUT2D eigenvalue weighted by Gasteiger charge is -2.03. The van der Waals surface area contributed by atoms with E-state index in [2.05, 4.69) is 10.3 Å². The maximum Gasteiger partial charge on any atom is 0.306 e. The molecule has 1 N–H and O–H groups in total. The van der Waals surface area contributed by atoms with Gasteiger partial charge in [0, 0.05) is 11.8 Å². The Morgan fingerprint density at radius 1 is 1.29 bits per heavy atom. The predicted molar refractivity (Wildman–Crippen MR) is 74.4 cm³/mol. The van der Waals surface area contributed by atoms with E-state index < -0.39 is 16.4 Å². The summed E-state index contributed by atoms with van der Waals surface area (Å²) in [6.07, 6.45) is 0. The third-order valence-corrected chi connectivity index (χ3v) is 2.92. The molecule has 3 aromatic rings. The van der Waals surface area contributed by atoms with Gasteiger partial charge < -0.3 is 9.73 Å². The number of hydrogen-bond donors (Lipinski definition) is 1. The number of halogens is 1. The zero-order valence-electron chi connectivity index (χ0n) is 10.7. The van der Waals surface area contributed by atoms with E-state index >= 15 is 0 Å². The van der Waals surface area contributed by atoms with Crippen LogP contribution in [0.5, 0.6) is 0 Å². The monoisotopic (exact) mass is 287 g/mol. The van der Waals surface area contributed by atoms with Gasteiger partial charge in [-0.05, 0) is 24.3 Å². The predicted octanol–water partition coefficient (Wildman–Crippen LogP) is 3.49. The van der Waals surface area contributed by atoms with Crippen molar-refractivity contribution in [1.82, 2.24) is 4.98 Å². The molecular formula is C14H10FN3O3. The number of benzene rings is 2. The van der Waals surface area contributed by atoms with Crippen molar-refractivity contribution in [3.05, 3.63) is 64.3 Å². The summed E-state index contributed by atoms with van der Waals surface area (Å²) in [5, 5.41) is 13.6. The number of fused-ring (bicyclic) bond motifs is 1. The first-order chi connectivity index (χ1) is 10.1. The quantitative estimate of drug-likeness (QED) is 0.586. The lowest BCUT2D eigenvalue weighted by molar-refractivity contribution is -0.387. The van der Waals surface area contributed by atoms with Crippen molar-refractivity contribution in [3.63, 3.8) is 0 Å². The number of nitro benzene ring substituents is 1. The van der Waals surface area contributed by atoms with Crippen LogP contribution in [0.3, 0.4) is 0 Å². The fourth-order valence-electron chi connectivity index (χ4n) is 1.94. The topological polar surface area (TPSA) is 81.2 Å².